The number of nitrogens with zero attached hydrogens (tertiary/aromatic N) is 2. The van der Waals surface area contributed by atoms with Crippen molar-refractivity contribution in [1.82, 2.24) is 0 Å². The minimum atomic E-state index is -0.152. The molecule has 0 bridgehead atoms. The Morgan fingerprint density at radius 2 is 1.06 bits per heavy atom. The van der Waals surface area contributed by atoms with Crippen molar-refractivity contribution in [3.8, 4) is 11.1 Å². The van der Waals surface area contributed by atoms with E-state index in [-0.39, 0.29) is 28.5 Å². The van der Waals surface area contributed by atoms with E-state index in [0.717, 1.165) is 0 Å². The van der Waals surface area contributed by atoms with Crippen LogP contribution in [0, 0.1) is 0 Å². The minimum Gasteiger partial charge on any atom is -0.376 e. The van der Waals surface area contributed by atoms with Gasteiger partial charge in [-0.3, -0.25) is 0 Å². The maximum atomic E-state index is 2.68. The summed E-state index contributed by atoms with van der Waals surface area (Å²) in [5.74, 6) is 0. The van der Waals surface area contributed by atoms with E-state index in [1.165, 1.54) is 89.4 Å². The van der Waals surface area contributed by atoms with Crippen LogP contribution < -0.4 is 20.6 Å². The molecule has 4 aliphatic rings. The smallest absolute Gasteiger partial charge is 0.333 e. The summed E-state index contributed by atoms with van der Waals surface area (Å²) < 4.78 is 0. The molecule has 0 unspecified atom stereocenters. The summed E-state index contributed by atoms with van der Waals surface area (Å²) in [4.78, 5) is 5.31. The Hall–Kier alpha value is -5.02. The number of hydrogen-bond donors (Lipinski definition) is 0. The summed E-state index contributed by atoms with van der Waals surface area (Å²) in [6, 6.07) is 46.8. The fourth-order valence-electron chi connectivity index (χ4n) is 10.4. The number of hydrogen-bond acceptors (Lipinski definition) is 2. The largest absolute Gasteiger partial charge is 0.376 e. The molecule has 10 rings (SSSR count). The van der Waals surface area contributed by atoms with Crippen LogP contribution >= 0.6 is 0 Å². The fraction of sp³-hybridized carbons (Fsp3) is 0.265. The van der Waals surface area contributed by atoms with Gasteiger partial charge in [0, 0.05) is 44.6 Å². The van der Waals surface area contributed by atoms with Crippen LogP contribution in [0.5, 0.6) is 0 Å². The van der Waals surface area contributed by atoms with Crippen molar-refractivity contribution in [3.63, 3.8) is 0 Å². The minimum absolute atomic E-state index is 0.00577. The standard InChI is InChI=1S/C49H47BN2/c1-46(2,3)30-26-33-32-28-38-39(48(6,7)35-21-14-13-20-34(35)47(38,4)5)29-42(32)52(31-18-11-10-12-19-31)50-40-24-17-23-37-45(40)51(43(27-30)44(33)50)41-25-16-15-22-36(41)49(37,8)9/h10-29H,1-9H3. The molecular weight excluding hydrogens is 627 g/mol. The predicted octanol–water partition coefficient (Wildman–Crippen LogP) is 11.3. The van der Waals surface area contributed by atoms with Crippen LogP contribution in [0.3, 0.4) is 0 Å². The molecule has 0 saturated heterocycles. The van der Waals surface area contributed by atoms with Gasteiger partial charge in [-0.2, -0.15) is 0 Å². The topological polar surface area (TPSA) is 6.48 Å². The molecule has 0 fully saturated rings. The van der Waals surface area contributed by atoms with Gasteiger partial charge >= 0.3 is 6.85 Å². The first-order valence-electron chi connectivity index (χ1n) is 19.1. The van der Waals surface area contributed by atoms with Crippen LogP contribution in [-0.4, -0.2) is 6.85 Å². The van der Waals surface area contributed by atoms with Gasteiger partial charge in [0.1, 0.15) is 0 Å². The van der Waals surface area contributed by atoms with Crippen molar-refractivity contribution in [2.75, 3.05) is 9.71 Å². The molecule has 0 N–H and O–H groups in total. The van der Waals surface area contributed by atoms with Gasteiger partial charge in [-0.05, 0) is 97.2 Å². The Labute approximate surface area is 310 Å². The summed E-state index contributed by atoms with van der Waals surface area (Å²) in [7, 11) is 0. The van der Waals surface area contributed by atoms with Gasteiger partial charge < -0.3 is 9.71 Å². The number of rotatable bonds is 1. The second-order valence-electron chi connectivity index (χ2n) is 18.2. The average molecular weight is 675 g/mol. The quantitative estimate of drug-likeness (QED) is 0.160. The van der Waals surface area contributed by atoms with Crippen LogP contribution in [0.25, 0.3) is 11.1 Å². The van der Waals surface area contributed by atoms with Crippen LogP contribution in [0.1, 0.15) is 101 Å². The molecule has 1 aliphatic carbocycles. The fourth-order valence-corrected chi connectivity index (χ4v) is 10.4. The van der Waals surface area contributed by atoms with Crippen molar-refractivity contribution >= 4 is 46.2 Å². The van der Waals surface area contributed by atoms with E-state index in [1.54, 1.807) is 0 Å². The van der Waals surface area contributed by atoms with Crippen LogP contribution in [0.15, 0.2) is 121 Å². The Bertz CT molecular complexity index is 2500. The lowest BCUT2D eigenvalue weighted by molar-refractivity contribution is 0.521. The molecule has 6 aromatic carbocycles. The molecule has 0 amide bonds. The van der Waals surface area contributed by atoms with Gasteiger partial charge in [-0.1, -0.05) is 147 Å². The highest BCUT2D eigenvalue weighted by Crippen LogP contribution is 2.57. The number of para-hydroxylation sites is 3. The Morgan fingerprint density at radius 1 is 0.481 bits per heavy atom. The van der Waals surface area contributed by atoms with Gasteiger partial charge in [-0.25, -0.2) is 0 Å². The molecule has 0 saturated carbocycles. The van der Waals surface area contributed by atoms with E-state index in [2.05, 4.69) is 193 Å². The highest BCUT2D eigenvalue weighted by atomic mass is 15.2. The van der Waals surface area contributed by atoms with E-state index in [4.69, 9.17) is 0 Å². The number of fused-ring (bicyclic) bond motifs is 8. The van der Waals surface area contributed by atoms with Crippen molar-refractivity contribution in [2.45, 2.75) is 84.0 Å². The first-order chi connectivity index (χ1) is 24.7. The molecule has 0 aromatic heterocycles. The monoisotopic (exact) mass is 674 g/mol. The highest BCUT2D eigenvalue weighted by molar-refractivity contribution is 6.93. The zero-order chi connectivity index (χ0) is 36.1. The lowest BCUT2D eigenvalue weighted by atomic mass is 9.42. The van der Waals surface area contributed by atoms with E-state index in [1.807, 2.05) is 0 Å². The third-order valence-electron chi connectivity index (χ3n) is 13.2. The van der Waals surface area contributed by atoms with Gasteiger partial charge in [-0.15, -0.1) is 0 Å². The van der Waals surface area contributed by atoms with Gasteiger partial charge in [0.15, 0.2) is 0 Å². The average Bonchev–Trinajstić information content (AvgIpc) is 3.13. The summed E-state index contributed by atoms with van der Waals surface area (Å²) in [6.45, 7) is 21.6. The molecule has 3 aliphatic heterocycles. The molecule has 256 valence electrons. The maximum absolute atomic E-state index is 2.68. The van der Waals surface area contributed by atoms with Gasteiger partial charge in [0.25, 0.3) is 0 Å². The van der Waals surface area contributed by atoms with Gasteiger partial charge in [0.05, 0.1) is 5.69 Å². The van der Waals surface area contributed by atoms with E-state index in [9.17, 15) is 0 Å². The molecule has 3 heteroatoms. The lowest BCUT2D eigenvalue weighted by Crippen LogP contribution is -2.62. The molecular formula is C49H47BN2. The van der Waals surface area contributed by atoms with E-state index < -0.39 is 0 Å². The SMILES string of the molecule is CC(C)(C)c1cc2c3c(c1)N1c4ccccc4C(C)(C)c4cccc(c41)B3N(c1ccccc1)c1cc3c(cc1-2)C(C)(C)c1ccccc1C3(C)C. The zero-order valence-corrected chi connectivity index (χ0v) is 32.0. The number of anilines is 5. The van der Waals surface area contributed by atoms with E-state index in [0.29, 0.717) is 0 Å². The first kappa shape index (κ1) is 31.7. The molecule has 0 spiro atoms. The maximum Gasteiger partial charge on any atom is 0.333 e. The van der Waals surface area contributed by atoms with Crippen LogP contribution in [0.2, 0.25) is 0 Å². The summed E-state index contributed by atoms with van der Waals surface area (Å²) in [5.41, 5.74) is 21.3. The van der Waals surface area contributed by atoms with Crippen molar-refractivity contribution in [2.24, 2.45) is 0 Å². The van der Waals surface area contributed by atoms with E-state index >= 15 is 0 Å². The highest BCUT2D eigenvalue weighted by Gasteiger charge is 2.51. The molecule has 52 heavy (non-hydrogen) atoms. The molecule has 3 heterocycles. The van der Waals surface area contributed by atoms with Crippen molar-refractivity contribution < 1.29 is 0 Å². The van der Waals surface area contributed by atoms with Gasteiger partial charge in [0.2, 0.25) is 0 Å². The lowest BCUT2D eigenvalue weighted by Gasteiger charge is -2.51. The summed E-state index contributed by atoms with van der Waals surface area (Å²) in [6.07, 6.45) is 0. The zero-order valence-electron chi connectivity index (χ0n) is 32.0. The second-order valence-corrected chi connectivity index (χ2v) is 18.2. The molecule has 6 aromatic rings. The van der Waals surface area contributed by atoms with Crippen molar-refractivity contribution in [1.29, 1.82) is 0 Å². The summed E-state index contributed by atoms with van der Waals surface area (Å²) in [5, 5.41) is 0. The number of benzene rings is 6. The Balaban J connectivity index is 1.38. The van der Waals surface area contributed by atoms with Crippen LogP contribution in [-0.2, 0) is 21.7 Å². The molecule has 0 atom stereocenters. The third-order valence-corrected chi connectivity index (χ3v) is 13.2. The predicted molar refractivity (Wildman–Crippen MR) is 222 cm³/mol. The summed E-state index contributed by atoms with van der Waals surface area (Å²) >= 11 is 0. The molecule has 2 nitrogen and oxygen atoms in total. The normalized spacial score (nSPS) is 17.7. The van der Waals surface area contributed by atoms with Crippen LogP contribution in [0.4, 0.5) is 28.4 Å². The molecule has 0 radical (unpaired) electrons. The third kappa shape index (κ3) is 3.92. The first-order valence-corrected chi connectivity index (χ1v) is 19.1. The van der Waals surface area contributed by atoms with Crippen molar-refractivity contribution in [3.05, 3.63) is 160 Å². The second kappa shape index (κ2) is 10.1. The Morgan fingerprint density at radius 3 is 1.73 bits per heavy atom. The Kier molecular flexibility index (Phi) is 6.16.